The van der Waals surface area contributed by atoms with Gasteiger partial charge in [-0.1, -0.05) is 31.8 Å². The van der Waals surface area contributed by atoms with E-state index in [0.717, 1.165) is 25.7 Å². The van der Waals surface area contributed by atoms with E-state index < -0.39 is 24.5 Å². The second-order valence-corrected chi connectivity index (χ2v) is 6.24. The van der Waals surface area contributed by atoms with Crippen molar-refractivity contribution >= 4 is 17.9 Å². The Morgan fingerprint density at radius 1 is 1.29 bits per heavy atom. The van der Waals surface area contributed by atoms with Gasteiger partial charge in [0.1, 0.15) is 5.56 Å². The van der Waals surface area contributed by atoms with E-state index >= 15 is 0 Å². The van der Waals surface area contributed by atoms with Gasteiger partial charge < -0.3 is 14.6 Å². The number of imide groups is 1. The molecule has 1 fully saturated rings. The summed E-state index contributed by atoms with van der Waals surface area (Å²) in [5.74, 6) is -1.00. The fourth-order valence-corrected chi connectivity index (χ4v) is 2.69. The van der Waals surface area contributed by atoms with E-state index in [1.165, 1.54) is 0 Å². The molecular weight excluding hydrogens is 314 g/mol. The third kappa shape index (κ3) is 4.56. The molecule has 2 rings (SSSR count). The lowest BCUT2D eigenvalue weighted by molar-refractivity contribution is -0.123. The zero-order valence-electron chi connectivity index (χ0n) is 14.2. The molecule has 8 nitrogen and oxygen atoms in total. The van der Waals surface area contributed by atoms with Crippen LogP contribution in [0.4, 0.5) is 4.79 Å². The molecule has 0 atom stereocenters. The molecule has 132 valence electrons. The highest BCUT2D eigenvalue weighted by atomic mass is 16.5. The van der Waals surface area contributed by atoms with Crippen molar-refractivity contribution < 1.29 is 23.6 Å². The molecular formula is C16H23N3O5. The zero-order chi connectivity index (χ0) is 17.7. The number of ether oxygens (including phenoxy) is 1. The first-order valence-corrected chi connectivity index (χ1v) is 8.12. The molecule has 1 aliphatic carbocycles. The summed E-state index contributed by atoms with van der Waals surface area (Å²) in [6.07, 6.45) is 3.99. The van der Waals surface area contributed by atoms with Crippen molar-refractivity contribution in [3.05, 3.63) is 17.0 Å². The summed E-state index contributed by atoms with van der Waals surface area (Å²) in [5, 5.41) is 8.63. The van der Waals surface area contributed by atoms with Crippen LogP contribution in [-0.2, 0) is 9.53 Å². The molecule has 1 aliphatic rings. The molecule has 1 aromatic heterocycles. The number of hydrogen-bond donors (Lipinski definition) is 2. The first-order chi connectivity index (χ1) is 11.4. The van der Waals surface area contributed by atoms with Crippen LogP contribution < -0.4 is 10.6 Å². The van der Waals surface area contributed by atoms with Crippen molar-refractivity contribution in [1.29, 1.82) is 0 Å². The lowest BCUT2D eigenvalue weighted by Gasteiger charge is -2.12. The van der Waals surface area contributed by atoms with E-state index in [1.807, 2.05) is 13.8 Å². The Balaban J connectivity index is 1.82. The molecule has 0 aliphatic heterocycles. The summed E-state index contributed by atoms with van der Waals surface area (Å²) in [6, 6.07) is -0.458. The van der Waals surface area contributed by atoms with Gasteiger partial charge in [-0.2, -0.15) is 0 Å². The van der Waals surface area contributed by atoms with Gasteiger partial charge in [-0.25, -0.2) is 9.59 Å². The van der Waals surface area contributed by atoms with Gasteiger partial charge in [0.15, 0.2) is 12.4 Å². The average Bonchev–Trinajstić information content (AvgIpc) is 3.14. The standard InChI is InChI=1S/C16H23N3O5/c1-9(2)14-13(10(3)19-24-14)15(21)23-8-12(20)18-16(22)17-11-6-4-5-7-11/h9,11H,4-8H2,1-3H3,(H2,17,18,20,22). The van der Waals surface area contributed by atoms with Gasteiger partial charge in [0, 0.05) is 12.0 Å². The van der Waals surface area contributed by atoms with Crippen molar-refractivity contribution in [3.63, 3.8) is 0 Å². The first kappa shape index (κ1) is 18.0. The zero-order valence-corrected chi connectivity index (χ0v) is 14.2. The van der Waals surface area contributed by atoms with Crippen LogP contribution in [0.3, 0.4) is 0 Å². The molecule has 24 heavy (non-hydrogen) atoms. The molecule has 8 heteroatoms. The van der Waals surface area contributed by atoms with E-state index in [0.29, 0.717) is 11.5 Å². The van der Waals surface area contributed by atoms with Crippen LogP contribution in [0, 0.1) is 6.92 Å². The van der Waals surface area contributed by atoms with Gasteiger partial charge in [-0.15, -0.1) is 0 Å². The smallest absolute Gasteiger partial charge is 0.344 e. The van der Waals surface area contributed by atoms with Crippen LogP contribution in [0.1, 0.15) is 67.3 Å². The highest BCUT2D eigenvalue weighted by Crippen LogP contribution is 2.22. The second-order valence-electron chi connectivity index (χ2n) is 6.24. The van der Waals surface area contributed by atoms with Crippen LogP contribution in [0.25, 0.3) is 0 Å². The Labute approximate surface area is 140 Å². The number of hydrogen-bond acceptors (Lipinski definition) is 6. The Morgan fingerprint density at radius 2 is 1.96 bits per heavy atom. The van der Waals surface area contributed by atoms with Crippen molar-refractivity contribution in [2.24, 2.45) is 0 Å². The summed E-state index contributed by atoms with van der Waals surface area (Å²) < 4.78 is 10.1. The van der Waals surface area contributed by atoms with E-state index in [2.05, 4.69) is 15.8 Å². The number of aromatic nitrogens is 1. The van der Waals surface area contributed by atoms with Crippen LogP contribution >= 0.6 is 0 Å². The molecule has 1 saturated carbocycles. The minimum Gasteiger partial charge on any atom is -0.452 e. The molecule has 0 aromatic carbocycles. The number of rotatable bonds is 5. The second kappa shape index (κ2) is 7.94. The lowest BCUT2D eigenvalue weighted by Crippen LogP contribution is -2.45. The van der Waals surface area contributed by atoms with Gasteiger partial charge in [0.05, 0.1) is 5.69 Å². The van der Waals surface area contributed by atoms with E-state index in [1.54, 1.807) is 6.92 Å². The lowest BCUT2D eigenvalue weighted by atomic mass is 10.1. The van der Waals surface area contributed by atoms with E-state index in [-0.39, 0.29) is 17.5 Å². The largest absolute Gasteiger partial charge is 0.452 e. The van der Waals surface area contributed by atoms with Gasteiger partial charge in [0.25, 0.3) is 5.91 Å². The maximum Gasteiger partial charge on any atom is 0.344 e. The average molecular weight is 337 g/mol. The van der Waals surface area contributed by atoms with Crippen molar-refractivity contribution in [2.75, 3.05) is 6.61 Å². The van der Waals surface area contributed by atoms with Crippen molar-refractivity contribution in [1.82, 2.24) is 15.8 Å². The van der Waals surface area contributed by atoms with Crippen molar-refractivity contribution in [2.45, 2.75) is 58.4 Å². The highest BCUT2D eigenvalue weighted by molar-refractivity contribution is 5.97. The Hall–Kier alpha value is -2.38. The molecule has 3 amide bonds. The molecule has 0 bridgehead atoms. The number of urea groups is 1. The maximum absolute atomic E-state index is 12.1. The maximum atomic E-state index is 12.1. The predicted octanol–water partition coefficient (Wildman–Crippen LogP) is 2.03. The molecule has 1 heterocycles. The highest BCUT2D eigenvalue weighted by Gasteiger charge is 2.25. The minimum atomic E-state index is -0.691. The van der Waals surface area contributed by atoms with E-state index in [9.17, 15) is 14.4 Å². The minimum absolute atomic E-state index is 0.0419. The van der Waals surface area contributed by atoms with Crippen LogP contribution in [0.2, 0.25) is 0 Å². The number of carbonyl (C=O) groups is 3. The third-order valence-electron chi connectivity index (χ3n) is 3.90. The molecule has 0 radical (unpaired) electrons. The summed E-state index contributed by atoms with van der Waals surface area (Å²) in [5.41, 5.74) is 0.635. The van der Waals surface area contributed by atoms with Gasteiger partial charge in [0.2, 0.25) is 0 Å². The normalized spacial score (nSPS) is 14.7. The first-order valence-electron chi connectivity index (χ1n) is 8.12. The summed E-state index contributed by atoms with van der Waals surface area (Å²) >= 11 is 0. The number of nitrogens with zero attached hydrogens (tertiary/aromatic N) is 1. The Bertz CT molecular complexity index is 617. The monoisotopic (exact) mass is 337 g/mol. The number of amides is 3. The summed E-state index contributed by atoms with van der Waals surface area (Å²) in [4.78, 5) is 35.5. The van der Waals surface area contributed by atoms with Crippen LogP contribution in [-0.4, -0.2) is 35.7 Å². The quantitative estimate of drug-likeness (QED) is 0.795. The predicted molar refractivity (Wildman–Crippen MR) is 84.5 cm³/mol. The number of aryl methyl sites for hydroxylation is 1. The molecule has 0 saturated heterocycles. The summed E-state index contributed by atoms with van der Waals surface area (Å²) in [7, 11) is 0. The topological polar surface area (TPSA) is 111 Å². The SMILES string of the molecule is Cc1noc(C(C)C)c1C(=O)OCC(=O)NC(=O)NC1CCCC1. The van der Waals surface area contributed by atoms with Crippen molar-refractivity contribution in [3.8, 4) is 0 Å². The molecule has 2 N–H and O–H groups in total. The summed E-state index contributed by atoms with van der Waals surface area (Å²) in [6.45, 7) is 4.80. The van der Waals surface area contributed by atoms with Crippen LogP contribution in [0.5, 0.6) is 0 Å². The molecule has 0 spiro atoms. The van der Waals surface area contributed by atoms with Gasteiger partial charge in [-0.3, -0.25) is 10.1 Å². The van der Waals surface area contributed by atoms with Gasteiger partial charge in [-0.05, 0) is 19.8 Å². The number of carbonyl (C=O) groups excluding carboxylic acids is 3. The molecule has 1 aromatic rings. The Morgan fingerprint density at radius 3 is 2.58 bits per heavy atom. The van der Waals surface area contributed by atoms with Crippen LogP contribution in [0.15, 0.2) is 4.52 Å². The fraction of sp³-hybridized carbons (Fsp3) is 0.625. The third-order valence-corrected chi connectivity index (χ3v) is 3.90. The Kier molecular flexibility index (Phi) is 5.94. The fourth-order valence-electron chi connectivity index (χ4n) is 2.69. The van der Waals surface area contributed by atoms with E-state index in [4.69, 9.17) is 9.26 Å². The number of esters is 1. The molecule has 0 unspecified atom stereocenters. The number of nitrogens with one attached hydrogen (secondary N) is 2. The van der Waals surface area contributed by atoms with Gasteiger partial charge >= 0.3 is 12.0 Å².